The number of carbonyl (C=O) groups is 2. The predicted octanol–water partition coefficient (Wildman–Crippen LogP) is 2.71. The second-order valence-corrected chi connectivity index (χ2v) is 7.84. The lowest BCUT2D eigenvalue weighted by Gasteiger charge is -2.20. The van der Waals surface area contributed by atoms with Crippen molar-refractivity contribution in [2.75, 3.05) is 5.32 Å². The molecule has 1 aromatic rings. The molecule has 0 aromatic heterocycles. The molecule has 25 heavy (non-hydrogen) atoms. The molecule has 1 aliphatic heterocycles. The third kappa shape index (κ3) is 3.61. The van der Waals surface area contributed by atoms with Crippen LogP contribution >= 0.6 is 11.8 Å². The molecule has 1 fully saturated rings. The maximum Gasteiger partial charge on any atom is 0.262 e. The monoisotopic (exact) mass is 359 g/mol. The van der Waals surface area contributed by atoms with Crippen LogP contribution in [0.25, 0.3) is 0 Å². The first-order chi connectivity index (χ1) is 12.1. The maximum atomic E-state index is 12.9. The number of nitrogens with zero attached hydrogens (tertiary/aromatic N) is 1. The van der Waals surface area contributed by atoms with E-state index in [1.807, 2.05) is 0 Å². The summed E-state index contributed by atoms with van der Waals surface area (Å²) in [5.41, 5.74) is 0.509. The highest BCUT2D eigenvalue weighted by atomic mass is 32.2. The number of anilines is 1. The normalized spacial score (nSPS) is 29.8. The van der Waals surface area contributed by atoms with Crippen LogP contribution in [0.4, 0.5) is 10.1 Å². The molecule has 2 aliphatic carbocycles. The van der Waals surface area contributed by atoms with E-state index in [0.29, 0.717) is 28.7 Å². The Kier molecular flexibility index (Phi) is 4.33. The number of amides is 2. The topological polar surface area (TPSA) is 70.6 Å². The van der Waals surface area contributed by atoms with Crippen LogP contribution in [0.15, 0.2) is 41.4 Å². The van der Waals surface area contributed by atoms with E-state index >= 15 is 0 Å². The first kappa shape index (κ1) is 16.3. The number of nitrogens with one attached hydrogen (secondary N) is 2. The molecule has 130 valence electrons. The van der Waals surface area contributed by atoms with Crippen molar-refractivity contribution in [1.82, 2.24) is 5.32 Å². The predicted molar refractivity (Wildman–Crippen MR) is 95.7 cm³/mol. The third-order valence-corrected chi connectivity index (χ3v) is 5.91. The number of carbonyl (C=O) groups excluding carboxylic acids is 2. The number of hydrogen-bond donors (Lipinski definition) is 2. The van der Waals surface area contributed by atoms with E-state index in [9.17, 15) is 14.0 Å². The second-order valence-electron chi connectivity index (χ2n) is 6.65. The first-order valence-corrected chi connectivity index (χ1v) is 9.24. The molecule has 2 amide bonds. The number of aliphatic imine (C=N–C) groups is 1. The van der Waals surface area contributed by atoms with E-state index in [0.717, 1.165) is 6.42 Å². The summed E-state index contributed by atoms with van der Waals surface area (Å²) in [6, 6.07) is 5.87. The van der Waals surface area contributed by atoms with Gasteiger partial charge in [0, 0.05) is 18.2 Å². The second kappa shape index (κ2) is 6.63. The summed E-state index contributed by atoms with van der Waals surface area (Å²) < 4.78 is 12.9. The van der Waals surface area contributed by atoms with Gasteiger partial charge in [0.1, 0.15) is 11.1 Å². The van der Waals surface area contributed by atoms with Crippen molar-refractivity contribution in [3.63, 3.8) is 0 Å². The lowest BCUT2D eigenvalue weighted by molar-refractivity contribution is -0.121. The molecular formula is C18H18FN3O2S. The van der Waals surface area contributed by atoms with Crippen LogP contribution in [-0.4, -0.2) is 28.3 Å². The molecule has 1 aromatic carbocycles. The van der Waals surface area contributed by atoms with Crippen LogP contribution in [0.2, 0.25) is 0 Å². The number of thioether (sulfide) groups is 1. The Morgan fingerprint density at radius 3 is 2.72 bits per heavy atom. The van der Waals surface area contributed by atoms with Crippen molar-refractivity contribution in [3.05, 3.63) is 42.2 Å². The van der Waals surface area contributed by atoms with Gasteiger partial charge in [-0.2, -0.15) is 4.99 Å². The quantitative estimate of drug-likeness (QED) is 0.811. The van der Waals surface area contributed by atoms with Gasteiger partial charge < -0.3 is 10.6 Å². The van der Waals surface area contributed by atoms with Crippen molar-refractivity contribution in [2.24, 2.45) is 16.8 Å². The fourth-order valence-electron chi connectivity index (χ4n) is 3.60. The highest BCUT2D eigenvalue weighted by molar-refractivity contribution is 8.15. The molecular weight excluding hydrogens is 341 g/mol. The Morgan fingerprint density at radius 1 is 1.24 bits per heavy atom. The number of hydrogen-bond acceptors (Lipinski definition) is 4. The average Bonchev–Trinajstić information content (AvgIpc) is 3.27. The van der Waals surface area contributed by atoms with Gasteiger partial charge in [-0.15, -0.1) is 0 Å². The lowest BCUT2D eigenvalue weighted by Crippen LogP contribution is -2.35. The SMILES string of the molecule is O=C(CC1SC(NC2CC3C=CC2C3)=NC1=O)Nc1ccc(F)cc1. The zero-order chi connectivity index (χ0) is 17.4. The van der Waals surface area contributed by atoms with Gasteiger partial charge in [-0.1, -0.05) is 23.9 Å². The van der Waals surface area contributed by atoms with E-state index in [1.54, 1.807) is 0 Å². The van der Waals surface area contributed by atoms with Gasteiger partial charge in [-0.05, 0) is 48.9 Å². The van der Waals surface area contributed by atoms with Crippen molar-refractivity contribution in [1.29, 1.82) is 0 Å². The van der Waals surface area contributed by atoms with Crippen molar-refractivity contribution < 1.29 is 14.0 Å². The molecule has 7 heteroatoms. The minimum atomic E-state index is -0.503. The van der Waals surface area contributed by atoms with E-state index in [2.05, 4.69) is 27.8 Å². The fourth-order valence-corrected chi connectivity index (χ4v) is 4.62. The maximum absolute atomic E-state index is 12.9. The standard InChI is InChI=1S/C18H18FN3O2S/c19-12-3-5-13(6-4-12)20-16(23)9-15-17(24)22-18(25-15)21-14-8-10-1-2-11(14)7-10/h1-6,10-11,14-15H,7-9H2,(H,20,23)(H,21,22,24). The molecule has 3 aliphatic rings. The Labute approximate surface area is 149 Å². The van der Waals surface area contributed by atoms with Crippen molar-refractivity contribution >= 4 is 34.4 Å². The van der Waals surface area contributed by atoms with E-state index in [4.69, 9.17) is 0 Å². The summed E-state index contributed by atoms with van der Waals surface area (Å²) in [6.45, 7) is 0. The Hall–Kier alpha value is -2.15. The molecule has 4 unspecified atom stereocenters. The fraction of sp³-hybridized carbons (Fsp3) is 0.389. The highest BCUT2D eigenvalue weighted by Crippen LogP contribution is 2.39. The summed E-state index contributed by atoms with van der Waals surface area (Å²) in [4.78, 5) is 28.2. The number of benzene rings is 1. The average molecular weight is 359 g/mol. The molecule has 0 radical (unpaired) electrons. The summed E-state index contributed by atoms with van der Waals surface area (Å²) in [5, 5.41) is 6.16. The lowest BCUT2D eigenvalue weighted by atomic mass is 10.0. The van der Waals surface area contributed by atoms with Crippen molar-refractivity contribution in [3.8, 4) is 0 Å². The zero-order valence-electron chi connectivity index (χ0n) is 13.4. The van der Waals surface area contributed by atoms with E-state index in [1.165, 1.54) is 42.4 Å². The van der Waals surface area contributed by atoms with Crippen molar-refractivity contribution in [2.45, 2.75) is 30.6 Å². The van der Waals surface area contributed by atoms with Crippen LogP contribution in [0, 0.1) is 17.7 Å². The molecule has 4 atom stereocenters. The molecule has 5 nitrogen and oxygen atoms in total. The molecule has 4 rings (SSSR count). The van der Waals surface area contributed by atoms with Gasteiger partial charge in [0.25, 0.3) is 5.91 Å². The Balaban J connectivity index is 1.29. The van der Waals surface area contributed by atoms with Gasteiger partial charge in [-0.25, -0.2) is 4.39 Å². The van der Waals surface area contributed by atoms with E-state index < -0.39 is 5.25 Å². The largest absolute Gasteiger partial charge is 0.361 e. The van der Waals surface area contributed by atoms with Gasteiger partial charge in [0.15, 0.2) is 5.17 Å². The third-order valence-electron chi connectivity index (χ3n) is 4.83. The summed E-state index contributed by atoms with van der Waals surface area (Å²) in [6.07, 6.45) is 6.80. The first-order valence-electron chi connectivity index (χ1n) is 8.36. The van der Waals surface area contributed by atoms with Gasteiger partial charge >= 0.3 is 0 Å². The van der Waals surface area contributed by atoms with E-state index in [-0.39, 0.29) is 24.1 Å². The minimum absolute atomic E-state index is 0.0478. The molecule has 2 bridgehead atoms. The minimum Gasteiger partial charge on any atom is -0.361 e. The Morgan fingerprint density at radius 2 is 2.04 bits per heavy atom. The molecule has 2 N–H and O–H groups in total. The number of halogens is 1. The van der Waals surface area contributed by atoms with Crippen LogP contribution in [0.5, 0.6) is 0 Å². The number of fused-ring (bicyclic) bond motifs is 2. The summed E-state index contributed by atoms with van der Waals surface area (Å²) >= 11 is 1.32. The molecule has 0 saturated heterocycles. The van der Waals surface area contributed by atoms with Gasteiger partial charge in [-0.3, -0.25) is 9.59 Å². The number of rotatable bonds is 4. The van der Waals surface area contributed by atoms with Crippen LogP contribution in [0.1, 0.15) is 19.3 Å². The van der Waals surface area contributed by atoms with Crippen LogP contribution in [0.3, 0.4) is 0 Å². The van der Waals surface area contributed by atoms with Gasteiger partial charge in [0.2, 0.25) is 5.91 Å². The Bertz CT molecular complexity index is 762. The molecule has 0 spiro atoms. The van der Waals surface area contributed by atoms with Crippen LogP contribution in [-0.2, 0) is 9.59 Å². The highest BCUT2D eigenvalue weighted by Gasteiger charge is 2.38. The summed E-state index contributed by atoms with van der Waals surface area (Å²) in [7, 11) is 0. The summed E-state index contributed by atoms with van der Waals surface area (Å²) in [5.74, 6) is 0.239. The van der Waals surface area contributed by atoms with Gasteiger partial charge in [0.05, 0.1) is 0 Å². The zero-order valence-corrected chi connectivity index (χ0v) is 14.3. The van der Waals surface area contributed by atoms with Crippen LogP contribution < -0.4 is 10.6 Å². The molecule has 1 heterocycles. The molecule has 1 saturated carbocycles. The smallest absolute Gasteiger partial charge is 0.262 e. The number of allylic oxidation sites excluding steroid dienone is 1. The number of amidine groups is 1.